The average Bonchev–Trinajstić information content (AvgIpc) is 2.74. The van der Waals surface area contributed by atoms with E-state index in [0.29, 0.717) is 46.1 Å². The first-order valence-electron chi connectivity index (χ1n) is 11.3. The maximum atomic E-state index is 12.3. The van der Waals surface area contributed by atoms with E-state index in [4.69, 9.17) is 28.4 Å². The molecule has 0 atom stereocenters. The Kier molecular flexibility index (Phi) is 21.6. The van der Waals surface area contributed by atoms with Gasteiger partial charge in [0.25, 0.3) is 0 Å². The van der Waals surface area contributed by atoms with E-state index in [1.807, 2.05) is 13.8 Å². The lowest BCUT2D eigenvalue weighted by atomic mass is 10.0. The molecule has 0 amide bonds. The Morgan fingerprint density at radius 1 is 0.533 bits per heavy atom. The lowest BCUT2D eigenvalue weighted by Crippen LogP contribution is -2.30. The molecule has 0 unspecified atom stereocenters. The minimum Gasteiger partial charge on any atom is -0.463 e. The highest BCUT2D eigenvalue weighted by molar-refractivity contribution is 5.94. The minimum absolute atomic E-state index is 0.102. The number of esters is 2. The van der Waals surface area contributed by atoms with Crippen molar-refractivity contribution in [2.24, 2.45) is 5.92 Å². The van der Waals surface area contributed by atoms with Crippen molar-refractivity contribution in [1.29, 1.82) is 0 Å². The molecular weight excluding hydrogens is 392 g/mol. The number of carbonyl (C=O) groups excluding carboxylic acids is 2. The third-order valence-corrected chi connectivity index (χ3v) is 4.05. The molecular formula is C22H42O8. The summed E-state index contributed by atoms with van der Waals surface area (Å²) in [5, 5.41) is 0. The fraction of sp³-hybridized carbons (Fsp3) is 0.909. The van der Waals surface area contributed by atoms with Crippen LogP contribution in [0.15, 0.2) is 0 Å². The van der Waals surface area contributed by atoms with Crippen molar-refractivity contribution >= 4 is 11.9 Å². The molecule has 0 aliphatic rings. The molecule has 0 radical (unpaired) electrons. The van der Waals surface area contributed by atoms with Gasteiger partial charge >= 0.3 is 11.9 Å². The van der Waals surface area contributed by atoms with Gasteiger partial charge < -0.3 is 28.4 Å². The van der Waals surface area contributed by atoms with Crippen LogP contribution in [0, 0.1) is 5.92 Å². The number of carbonyl (C=O) groups is 2. The monoisotopic (exact) mass is 434 g/mol. The van der Waals surface area contributed by atoms with Crippen LogP contribution in [0.5, 0.6) is 0 Å². The van der Waals surface area contributed by atoms with Gasteiger partial charge in [0.1, 0.15) is 13.2 Å². The molecule has 0 aliphatic carbocycles. The first kappa shape index (κ1) is 28.8. The number of hydrogen-bond donors (Lipinski definition) is 0. The molecule has 0 aromatic rings. The number of rotatable bonds is 22. The highest BCUT2D eigenvalue weighted by atomic mass is 16.6. The van der Waals surface area contributed by atoms with Gasteiger partial charge in [-0.05, 0) is 19.3 Å². The summed E-state index contributed by atoms with van der Waals surface area (Å²) in [7, 11) is 0. The van der Waals surface area contributed by atoms with E-state index in [0.717, 1.165) is 32.1 Å². The van der Waals surface area contributed by atoms with Crippen LogP contribution in [-0.4, -0.2) is 78.0 Å². The molecule has 8 heteroatoms. The molecule has 8 nitrogen and oxygen atoms in total. The zero-order valence-electron chi connectivity index (χ0n) is 19.2. The van der Waals surface area contributed by atoms with Crippen molar-refractivity contribution in [3.63, 3.8) is 0 Å². The van der Waals surface area contributed by atoms with Crippen LogP contribution in [-0.2, 0) is 38.0 Å². The summed E-state index contributed by atoms with van der Waals surface area (Å²) in [6.45, 7) is 10.2. The maximum Gasteiger partial charge on any atom is 0.320 e. The highest BCUT2D eigenvalue weighted by Gasteiger charge is 2.29. The van der Waals surface area contributed by atoms with Crippen LogP contribution < -0.4 is 0 Å². The van der Waals surface area contributed by atoms with Gasteiger partial charge in [0.2, 0.25) is 0 Å². The highest BCUT2D eigenvalue weighted by Crippen LogP contribution is 2.14. The second-order valence-corrected chi connectivity index (χ2v) is 6.83. The Bertz CT molecular complexity index is 371. The Morgan fingerprint density at radius 2 is 0.933 bits per heavy atom. The van der Waals surface area contributed by atoms with E-state index in [-0.39, 0.29) is 26.4 Å². The lowest BCUT2D eigenvalue weighted by molar-refractivity contribution is -0.164. The Hall–Kier alpha value is -1.22. The van der Waals surface area contributed by atoms with Gasteiger partial charge in [0.05, 0.1) is 39.6 Å². The largest absolute Gasteiger partial charge is 0.463 e. The third kappa shape index (κ3) is 17.6. The Morgan fingerprint density at radius 3 is 1.33 bits per heavy atom. The minimum atomic E-state index is -0.905. The molecule has 0 saturated heterocycles. The second kappa shape index (κ2) is 22.5. The number of hydrogen-bond acceptors (Lipinski definition) is 8. The van der Waals surface area contributed by atoms with Crippen LogP contribution in [0.3, 0.4) is 0 Å². The Balaban J connectivity index is 4.07. The molecule has 0 aliphatic heterocycles. The molecule has 0 spiro atoms. The zero-order chi connectivity index (χ0) is 22.3. The topological polar surface area (TPSA) is 89.5 Å². The van der Waals surface area contributed by atoms with Crippen LogP contribution in [0.2, 0.25) is 0 Å². The smallest absolute Gasteiger partial charge is 0.320 e. The molecule has 0 bridgehead atoms. The van der Waals surface area contributed by atoms with Gasteiger partial charge in [-0.25, -0.2) is 0 Å². The first-order chi connectivity index (χ1) is 14.7. The van der Waals surface area contributed by atoms with E-state index in [2.05, 4.69) is 6.92 Å². The van der Waals surface area contributed by atoms with Crippen LogP contribution in [0.4, 0.5) is 0 Å². The molecule has 0 aromatic carbocycles. The molecule has 0 fully saturated rings. The predicted octanol–water partition coefficient (Wildman–Crippen LogP) is 3.16. The van der Waals surface area contributed by atoms with Crippen LogP contribution in [0.25, 0.3) is 0 Å². The van der Waals surface area contributed by atoms with E-state index < -0.39 is 17.9 Å². The summed E-state index contributed by atoms with van der Waals surface area (Å²) < 4.78 is 31.7. The van der Waals surface area contributed by atoms with Crippen molar-refractivity contribution in [3.8, 4) is 0 Å². The van der Waals surface area contributed by atoms with Crippen molar-refractivity contribution in [3.05, 3.63) is 0 Å². The molecule has 0 saturated carbocycles. The van der Waals surface area contributed by atoms with Gasteiger partial charge in [-0.1, -0.05) is 40.0 Å². The predicted molar refractivity (Wildman–Crippen MR) is 113 cm³/mol. The molecule has 0 heterocycles. The standard InChI is InChI=1S/C22H42O8/c1-4-7-8-9-20(21(23)29-18-16-27-14-12-25-10-5-2)22(24)30-19-17-28-15-13-26-11-6-3/h20H,4-19H2,1-3H3. The number of unbranched alkanes of at least 4 members (excludes halogenated alkanes) is 2. The average molecular weight is 435 g/mol. The fourth-order valence-corrected chi connectivity index (χ4v) is 2.47. The summed E-state index contributed by atoms with van der Waals surface area (Å²) in [5.41, 5.74) is 0. The van der Waals surface area contributed by atoms with Crippen molar-refractivity contribution < 1.29 is 38.0 Å². The third-order valence-electron chi connectivity index (χ3n) is 4.05. The van der Waals surface area contributed by atoms with Gasteiger partial charge in [0.15, 0.2) is 5.92 Å². The molecule has 0 aromatic heterocycles. The summed E-state index contributed by atoms with van der Waals surface area (Å²) in [5.74, 6) is -2.02. The fourth-order valence-electron chi connectivity index (χ4n) is 2.47. The maximum absolute atomic E-state index is 12.3. The summed E-state index contributed by atoms with van der Waals surface area (Å²) in [6, 6.07) is 0. The summed E-state index contributed by atoms with van der Waals surface area (Å²) >= 11 is 0. The van der Waals surface area contributed by atoms with Gasteiger partial charge in [-0.3, -0.25) is 9.59 Å². The van der Waals surface area contributed by atoms with Crippen LogP contribution in [0.1, 0.15) is 59.3 Å². The normalized spacial score (nSPS) is 11.1. The van der Waals surface area contributed by atoms with Crippen LogP contribution >= 0.6 is 0 Å². The van der Waals surface area contributed by atoms with Gasteiger partial charge in [-0.2, -0.15) is 0 Å². The van der Waals surface area contributed by atoms with Crippen molar-refractivity contribution in [2.75, 3.05) is 66.1 Å². The van der Waals surface area contributed by atoms with E-state index in [1.165, 1.54) is 0 Å². The Labute approximate surface area is 181 Å². The quantitative estimate of drug-likeness (QED) is 0.146. The number of ether oxygens (including phenoxy) is 6. The van der Waals surface area contributed by atoms with E-state index in [1.54, 1.807) is 0 Å². The van der Waals surface area contributed by atoms with E-state index >= 15 is 0 Å². The summed E-state index contributed by atoms with van der Waals surface area (Å²) in [4.78, 5) is 24.7. The SMILES string of the molecule is CCCCCC(C(=O)OCCOCCOCCC)C(=O)OCCOCCOCCC. The van der Waals surface area contributed by atoms with Crippen molar-refractivity contribution in [1.82, 2.24) is 0 Å². The zero-order valence-corrected chi connectivity index (χ0v) is 19.2. The molecule has 178 valence electrons. The molecule has 0 rings (SSSR count). The van der Waals surface area contributed by atoms with Gasteiger partial charge in [-0.15, -0.1) is 0 Å². The summed E-state index contributed by atoms with van der Waals surface area (Å²) in [6.07, 6.45) is 5.06. The molecule has 0 N–H and O–H groups in total. The first-order valence-corrected chi connectivity index (χ1v) is 11.3. The van der Waals surface area contributed by atoms with Gasteiger partial charge in [0, 0.05) is 13.2 Å². The van der Waals surface area contributed by atoms with Crippen molar-refractivity contribution in [2.45, 2.75) is 59.3 Å². The van der Waals surface area contributed by atoms with E-state index in [9.17, 15) is 9.59 Å². The second-order valence-electron chi connectivity index (χ2n) is 6.83. The lowest BCUT2D eigenvalue weighted by Gasteiger charge is -2.15. The molecule has 30 heavy (non-hydrogen) atoms.